The first kappa shape index (κ1) is 16.8. The minimum absolute atomic E-state index is 0.131. The number of rotatable bonds is 5. The van der Waals surface area contributed by atoms with E-state index < -0.39 is 36.0 Å². The van der Waals surface area contributed by atoms with Crippen molar-refractivity contribution in [3.8, 4) is 0 Å². The van der Waals surface area contributed by atoms with Crippen molar-refractivity contribution < 1.29 is 27.9 Å². The molecule has 0 atom stereocenters. The highest BCUT2D eigenvalue weighted by molar-refractivity contribution is 5.92. The summed E-state index contributed by atoms with van der Waals surface area (Å²) >= 11 is 0. The van der Waals surface area contributed by atoms with Gasteiger partial charge in [0.25, 0.3) is 0 Å². The molecule has 0 aliphatic rings. The molecule has 0 fully saturated rings. The maximum absolute atomic E-state index is 12.8. The average molecular weight is 304 g/mol. The number of urea groups is 1. The number of carboxylic acids is 1. The molecule has 2 amide bonds. The van der Waals surface area contributed by atoms with Crippen molar-refractivity contribution in [2.45, 2.75) is 19.5 Å². The highest BCUT2D eigenvalue weighted by Gasteiger charge is 2.33. The Labute approximate surface area is 119 Å². The van der Waals surface area contributed by atoms with E-state index in [1.54, 1.807) is 6.92 Å². The van der Waals surface area contributed by atoms with Crippen molar-refractivity contribution in [3.63, 3.8) is 0 Å². The van der Waals surface area contributed by atoms with E-state index in [0.29, 0.717) is 6.42 Å². The van der Waals surface area contributed by atoms with E-state index in [0.717, 1.165) is 17.0 Å². The monoisotopic (exact) mass is 304 g/mol. The lowest BCUT2D eigenvalue weighted by Crippen LogP contribution is -2.39. The quantitative estimate of drug-likeness (QED) is 0.878. The highest BCUT2D eigenvalue weighted by atomic mass is 19.4. The summed E-state index contributed by atoms with van der Waals surface area (Å²) in [5.41, 5.74) is -1.38. The molecule has 0 aromatic heterocycles. The Balaban J connectivity index is 2.94. The third-order valence-corrected chi connectivity index (χ3v) is 2.58. The van der Waals surface area contributed by atoms with Crippen LogP contribution in [-0.2, 0) is 11.0 Å². The van der Waals surface area contributed by atoms with Crippen LogP contribution >= 0.6 is 0 Å². The SMILES string of the molecule is CCCN(CC(=O)O)C(=O)Nc1ccccc1C(F)(F)F. The van der Waals surface area contributed by atoms with Gasteiger partial charge in [0, 0.05) is 6.54 Å². The Hall–Kier alpha value is -2.25. The van der Waals surface area contributed by atoms with Crippen LogP contribution in [0, 0.1) is 0 Å². The molecule has 116 valence electrons. The summed E-state index contributed by atoms with van der Waals surface area (Å²) in [6.07, 6.45) is -4.12. The minimum Gasteiger partial charge on any atom is -0.480 e. The number of benzene rings is 1. The molecule has 21 heavy (non-hydrogen) atoms. The van der Waals surface area contributed by atoms with Crippen LogP contribution in [0.5, 0.6) is 0 Å². The van der Waals surface area contributed by atoms with Crippen LogP contribution in [0.3, 0.4) is 0 Å². The second-order valence-electron chi connectivity index (χ2n) is 4.29. The maximum atomic E-state index is 12.8. The molecule has 1 rings (SSSR count). The zero-order valence-electron chi connectivity index (χ0n) is 11.3. The van der Waals surface area contributed by atoms with Gasteiger partial charge in [-0.15, -0.1) is 0 Å². The topological polar surface area (TPSA) is 69.6 Å². The average Bonchev–Trinajstić information content (AvgIpc) is 2.37. The van der Waals surface area contributed by atoms with Crippen LogP contribution in [0.1, 0.15) is 18.9 Å². The van der Waals surface area contributed by atoms with E-state index in [-0.39, 0.29) is 6.54 Å². The third kappa shape index (κ3) is 4.97. The molecule has 0 radical (unpaired) electrons. The molecule has 0 saturated heterocycles. The number of amides is 2. The summed E-state index contributed by atoms with van der Waals surface area (Å²) in [6.45, 7) is 1.28. The van der Waals surface area contributed by atoms with Gasteiger partial charge in [0.05, 0.1) is 11.3 Å². The summed E-state index contributed by atoms with van der Waals surface area (Å²) in [4.78, 5) is 23.5. The minimum atomic E-state index is -4.60. The molecular formula is C13H15F3N2O3. The van der Waals surface area contributed by atoms with Crippen molar-refractivity contribution >= 4 is 17.7 Å². The van der Waals surface area contributed by atoms with Crippen molar-refractivity contribution in [1.29, 1.82) is 0 Å². The zero-order valence-corrected chi connectivity index (χ0v) is 11.3. The van der Waals surface area contributed by atoms with E-state index in [1.807, 2.05) is 0 Å². The molecule has 5 nitrogen and oxygen atoms in total. The fourth-order valence-corrected chi connectivity index (χ4v) is 1.72. The van der Waals surface area contributed by atoms with E-state index in [2.05, 4.69) is 5.32 Å². The molecule has 0 aliphatic heterocycles. The van der Waals surface area contributed by atoms with Crippen LogP contribution in [-0.4, -0.2) is 35.1 Å². The second kappa shape index (κ2) is 6.96. The number of aliphatic carboxylic acids is 1. The molecule has 0 unspecified atom stereocenters. The molecule has 1 aromatic carbocycles. The van der Waals surface area contributed by atoms with Crippen LogP contribution in [0.2, 0.25) is 0 Å². The Morgan fingerprint density at radius 3 is 2.43 bits per heavy atom. The van der Waals surface area contributed by atoms with Gasteiger partial charge < -0.3 is 15.3 Å². The number of alkyl halides is 3. The van der Waals surface area contributed by atoms with Crippen molar-refractivity contribution in [2.24, 2.45) is 0 Å². The van der Waals surface area contributed by atoms with Crippen molar-refractivity contribution in [1.82, 2.24) is 4.90 Å². The largest absolute Gasteiger partial charge is 0.480 e. The van der Waals surface area contributed by atoms with Crippen LogP contribution < -0.4 is 5.32 Å². The fraction of sp³-hybridized carbons (Fsp3) is 0.385. The first-order chi connectivity index (χ1) is 9.75. The van der Waals surface area contributed by atoms with E-state index in [1.165, 1.54) is 12.1 Å². The smallest absolute Gasteiger partial charge is 0.418 e. The van der Waals surface area contributed by atoms with Crippen LogP contribution in [0.4, 0.5) is 23.7 Å². The Morgan fingerprint density at radius 1 is 1.29 bits per heavy atom. The first-order valence-corrected chi connectivity index (χ1v) is 6.19. The standard InChI is InChI=1S/C13H15F3N2O3/c1-2-7-18(8-11(19)20)12(21)17-10-6-4-3-5-9(10)13(14,15)16/h3-6H,2,7-8H2,1H3,(H,17,21)(H,19,20). The summed E-state index contributed by atoms with van der Waals surface area (Å²) in [5, 5.41) is 10.8. The number of hydrogen-bond donors (Lipinski definition) is 2. The first-order valence-electron chi connectivity index (χ1n) is 6.19. The number of para-hydroxylation sites is 1. The van der Waals surface area contributed by atoms with Gasteiger partial charge in [-0.3, -0.25) is 4.79 Å². The van der Waals surface area contributed by atoms with Crippen molar-refractivity contribution in [2.75, 3.05) is 18.4 Å². The van der Waals surface area contributed by atoms with Gasteiger partial charge in [-0.2, -0.15) is 13.2 Å². The summed E-state index contributed by atoms with van der Waals surface area (Å²) in [6, 6.07) is 3.64. The lowest BCUT2D eigenvalue weighted by atomic mass is 10.1. The van der Waals surface area contributed by atoms with Crippen molar-refractivity contribution in [3.05, 3.63) is 29.8 Å². The Morgan fingerprint density at radius 2 is 1.90 bits per heavy atom. The lowest BCUT2D eigenvalue weighted by molar-refractivity contribution is -0.138. The van der Waals surface area contributed by atoms with Gasteiger partial charge in [0.15, 0.2) is 0 Å². The zero-order chi connectivity index (χ0) is 16.0. The highest BCUT2D eigenvalue weighted by Crippen LogP contribution is 2.34. The molecule has 0 bridgehead atoms. The summed E-state index contributed by atoms with van der Waals surface area (Å²) in [7, 11) is 0. The second-order valence-corrected chi connectivity index (χ2v) is 4.29. The molecule has 0 heterocycles. The van der Waals surface area contributed by atoms with Gasteiger partial charge >= 0.3 is 18.2 Å². The Kier molecular flexibility index (Phi) is 5.57. The third-order valence-electron chi connectivity index (χ3n) is 2.58. The van der Waals surface area contributed by atoms with Crippen LogP contribution in [0.25, 0.3) is 0 Å². The van der Waals surface area contributed by atoms with E-state index in [9.17, 15) is 22.8 Å². The number of halogens is 3. The van der Waals surface area contributed by atoms with Gasteiger partial charge in [-0.1, -0.05) is 19.1 Å². The number of nitrogens with zero attached hydrogens (tertiary/aromatic N) is 1. The number of carbonyl (C=O) groups excluding carboxylic acids is 1. The number of carboxylic acid groups (broad SMARTS) is 1. The normalized spacial score (nSPS) is 11.0. The molecule has 0 spiro atoms. The van der Waals surface area contributed by atoms with E-state index in [4.69, 9.17) is 5.11 Å². The van der Waals surface area contributed by atoms with Gasteiger partial charge in [-0.25, -0.2) is 4.79 Å². The number of carbonyl (C=O) groups is 2. The van der Waals surface area contributed by atoms with Gasteiger partial charge in [0.1, 0.15) is 6.54 Å². The summed E-state index contributed by atoms with van der Waals surface area (Å²) < 4.78 is 38.4. The molecule has 0 saturated carbocycles. The number of nitrogens with one attached hydrogen (secondary N) is 1. The molecule has 0 aliphatic carbocycles. The predicted octanol–water partition coefficient (Wildman–Crippen LogP) is 3.03. The predicted molar refractivity (Wildman–Crippen MR) is 70.0 cm³/mol. The van der Waals surface area contributed by atoms with E-state index >= 15 is 0 Å². The lowest BCUT2D eigenvalue weighted by Gasteiger charge is -2.21. The molecule has 1 aromatic rings. The number of anilines is 1. The van der Waals surface area contributed by atoms with Crippen LogP contribution in [0.15, 0.2) is 24.3 Å². The maximum Gasteiger partial charge on any atom is 0.418 e. The summed E-state index contributed by atoms with van der Waals surface area (Å²) in [5.74, 6) is -1.23. The Bertz CT molecular complexity index is 518. The molecule has 8 heteroatoms. The number of hydrogen-bond acceptors (Lipinski definition) is 2. The molecular weight excluding hydrogens is 289 g/mol. The molecule has 2 N–H and O–H groups in total. The fourth-order valence-electron chi connectivity index (χ4n) is 1.72. The van der Waals surface area contributed by atoms with Gasteiger partial charge in [0.2, 0.25) is 0 Å². The van der Waals surface area contributed by atoms with Gasteiger partial charge in [-0.05, 0) is 18.6 Å².